The summed E-state index contributed by atoms with van der Waals surface area (Å²) in [6, 6.07) is 0. The zero-order valence-electron chi connectivity index (χ0n) is 12.3. The molecule has 0 amide bonds. The maximum atomic E-state index is 5.95. The average Bonchev–Trinajstić information content (AvgIpc) is 2.81. The van der Waals surface area contributed by atoms with Crippen molar-refractivity contribution in [1.82, 2.24) is 0 Å². The lowest BCUT2D eigenvalue weighted by Gasteiger charge is -2.32. The minimum atomic E-state index is -0.266. The van der Waals surface area contributed by atoms with Crippen LogP contribution in [-0.4, -0.2) is 31.0 Å². The van der Waals surface area contributed by atoms with Crippen molar-refractivity contribution in [3.63, 3.8) is 0 Å². The highest BCUT2D eigenvalue weighted by molar-refractivity contribution is 6.51. The first kappa shape index (κ1) is 14.1. The van der Waals surface area contributed by atoms with Crippen LogP contribution in [0.3, 0.4) is 0 Å². The molecule has 0 unspecified atom stereocenters. The fraction of sp³-hybridized carbons (Fsp3) is 0.857. The van der Waals surface area contributed by atoms with Gasteiger partial charge in [-0.15, -0.1) is 0 Å². The predicted molar refractivity (Wildman–Crippen MR) is 73.4 cm³/mol. The zero-order valence-corrected chi connectivity index (χ0v) is 12.3. The molecule has 18 heavy (non-hydrogen) atoms. The van der Waals surface area contributed by atoms with Gasteiger partial charge in [0.1, 0.15) is 0 Å². The SMILES string of the molecule is COC1(/C=C/B2OC(C)(C)C(C)(C)O2)CCCC1. The van der Waals surface area contributed by atoms with Crippen molar-refractivity contribution in [2.24, 2.45) is 0 Å². The Hall–Kier alpha value is -0.315. The molecule has 1 aliphatic carbocycles. The van der Waals surface area contributed by atoms with Gasteiger partial charge in [0, 0.05) is 7.11 Å². The van der Waals surface area contributed by atoms with E-state index in [4.69, 9.17) is 14.0 Å². The molecule has 0 aromatic rings. The summed E-state index contributed by atoms with van der Waals surface area (Å²) in [5.74, 6) is 2.02. The van der Waals surface area contributed by atoms with Crippen molar-refractivity contribution in [2.45, 2.75) is 70.2 Å². The fourth-order valence-electron chi connectivity index (χ4n) is 2.63. The molecule has 0 N–H and O–H groups in total. The third kappa shape index (κ3) is 2.51. The summed E-state index contributed by atoms with van der Waals surface area (Å²) < 4.78 is 17.6. The van der Waals surface area contributed by atoms with E-state index in [2.05, 4.69) is 33.8 Å². The Morgan fingerprint density at radius 1 is 1.00 bits per heavy atom. The first-order chi connectivity index (χ1) is 8.30. The topological polar surface area (TPSA) is 27.7 Å². The van der Waals surface area contributed by atoms with Crippen molar-refractivity contribution in [1.29, 1.82) is 0 Å². The van der Waals surface area contributed by atoms with Crippen LogP contribution >= 0.6 is 0 Å². The average molecular weight is 252 g/mol. The van der Waals surface area contributed by atoms with Gasteiger partial charge in [-0.25, -0.2) is 0 Å². The molecular formula is C14H25BO3. The predicted octanol–water partition coefficient (Wildman–Crippen LogP) is 3.13. The molecule has 0 atom stereocenters. The highest BCUT2D eigenvalue weighted by Gasteiger charge is 2.50. The Bertz CT molecular complexity index is 314. The Balaban J connectivity index is 2.03. The van der Waals surface area contributed by atoms with Crippen molar-refractivity contribution < 1.29 is 14.0 Å². The van der Waals surface area contributed by atoms with Gasteiger partial charge in [-0.1, -0.05) is 24.9 Å². The molecule has 3 nitrogen and oxygen atoms in total. The summed E-state index contributed by atoms with van der Waals surface area (Å²) in [6.07, 6.45) is 6.81. The smallest absolute Gasteiger partial charge is 0.400 e. The van der Waals surface area contributed by atoms with E-state index >= 15 is 0 Å². The molecule has 2 aliphatic rings. The van der Waals surface area contributed by atoms with Crippen molar-refractivity contribution in [3.05, 3.63) is 12.1 Å². The van der Waals surface area contributed by atoms with E-state index in [1.54, 1.807) is 7.11 Å². The van der Waals surface area contributed by atoms with E-state index < -0.39 is 0 Å². The second-order valence-electron chi connectivity index (χ2n) is 6.46. The maximum Gasteiger partial charge on any atom is 0.486 e. The van der Waals surface area contributed by atoms with Gasteiger partial charge in [0.15, 0.2) is 0 Å². The minimum Gasteiger partial charge on any atom is -0.400 e. The molecule has 2 fully saturated rings. The lowest BCUT2D eigenvalue weighted by atomic mass is 9.86. The molecule has 2 rings (SSSR count). The van der Waals surface area contributed by atoms with Crippen molar-refractivity contribution in [3.8, 4) is 0 Å². The summed E-state index contributed by atoms with van der Waals surface area (Å²) in [6.45, 7) is 8.29. The molecule has 0 spiro atoms. The third-order valence-electron chi connectivity index (χ3n) is 4.69. The number of methoxy groups -OCH3 is 1. The van der Waals surface area contributed by atoms with E-state index in [0.717, 1.165) is 12.8 Å². The van der Waals surface area contributed by atoms with Crippen LogP contribution in [-0.2, 0) is 14.0 Å². The molecule has 1 saturated heterocycles. The van der Waals surface area contributed by atoms with E-state index in [-0.39, 0.29) is 23.9 Å². The van der Waals surface area contributed by atoms with Crippen LogP contribution in [0.4, 0.5) is 0 Å². The Morgan fingerprint density at radius 3 is 1.94 bits per heavy atom. The monoisotopic (exact) mass is 252 g/mol. The Kier molecular flexibility index (Phi) is 3.65. The summed E-state index contributed by atoms with van der Waals surface area (Å²) in [5, 5.41) is 0. The number of hydrogen-bond donors (Lipinski definition) is 0. The Morgan fingerprint density at radius 2 is 1.50 bits per heavy atom. The second-order valence-corrected chi connectivity index (χ2v) is 6.46. The van der Waals surface area contributed by atoms with Gasteiger partial charge in [-0.05, 0) is 40.5 Å². The normalized spacial score (nSPS) is 29.3. The summed E-state index contributed by atoms with van der Waals surface area (Å²) in [7, 11) is 1.53. The summed E-state index contributed by atoms with van der Waals surface area (Å²) in [5.41, 5.74) is -0.626. The molecule has 1 heterocycles. The zero-order chi connectivity index (χ0) is 13.4. The van der Waals surface area contributed by atoms with Gasteiger partial charge in [0.25, 0.3) is 0 Å². The number of rotatable bonds is 3. The Labute approximate surface area is 111 Å². The quantitative estimate of drug-likeness (QED) is 0.722. The van der Waals surface area contributed by atoms with E-state index in [1.165, 1.54) is 12.8 Å². The van der Waals surface area contributed by atoms with Crippen molar-refractivity contribution >= 4 is 7.12 Å². The van der Waals surface area contributed by atoms with Gasteiger partial charge < -0.3 is 14.0 Å². The third-order valence-corrected chi connectivity index (χ3v) is 4.69. The van der Waals surface area contributed by atoms with Crippen LogP contribution in [0, 0.1) is 0 Å². The fourth-order valence-corrected chi connectivity index (χ4v) is 2.63. The molecule has 1 aliphatic heterocycles. The molecule has 0 bridgehead atoms. The lowest BCUT2D eigenvalue weighted by molar-refractivity contribution is 0.00578. The first-order valence-corrected chi connectivity index (χ1v) is 6.90. The first-order valence-electron chi connectivity index (χ1n) is 6.90. The summed E-state index contributed by atoms with van der Waals surface area (Å²) >= 11 is 0. The van der Waals surface area contributed by atoms with E-state index in [0.29, 0.717) is 0 Å². The molecule has 0 radical (unpaired) electrons. The maximum absolute atomic E-state index is 5.95. The minimum absolute atomic E-state index is 0.0937. The van der Waals surface area contributed by atoms with E-state index in [9.17, 15) is 0 Å². The van der Waals surface area contributed by atoms with Gasteiger partial charge in [-0.3, -0.25) is 0 Å². The lowest BCUT2D eigenvalue weighted by Crippen LogP contribution is -2.41. The van der Waals surface area contributed by atoms with Gasteiger partial charge in [0.2, 0.25) is 0 Å². The molecule has 0 aromatic carbocycles. The number of hydrogen-bond acceptors (Lipinski definition) is 3. The molecule has 102 valence electrons. The molecule has 1 saturated carbocycles. The van der Waals surface area contributed by atoms with Gasteiger partial charge in [-0.2, -0.15) is 0 Å². The largest absolute Gasteiger partial charge is 0.486 e. The summed E-state index contributed by atoms with van der Waals surface area (Å²) in [4.78, 5) is 0. The molecule has 4 heteroatoms. The van der Waals surface area contributed by atoms with Crippen LogP contribution < -0.4 is 0 Å². The van der Waals surface area contributed by atoms with Crippen LogP contribution in [0.5, 0.6) is 0 Å². The van der Waals surface area contributed by atoms with Crippen molar-refractivity contribution in [2.75, 3.05) is 7.11 Å². The van der Waals surface area contributed by atoms with Gasteiger partial charge >= 0.3 is 7.12 Å². The molecule has 0 aromatic heterocycles. The van der Waals surface area contributed by atoms with Crippen LogP contribution in [0.1, 0.15) is 53.4 Å². The van der Waals surface area contributed by atoms with Gasteiger partial charge in [0.05, 0.1) is 16.8 Å². The van der Waals surface area contributed by atoms with E-state index in [1.807, 2.05) is 5.98 Å². The highest BCUT2D eigenvalue weighted by Crippen LogP contribution is 2.38. The van der Waals surface area contributed by atoms with Crippen LogP contribution in [0.25, 0.3) is 0 Å². The number of ether oxygens (including phenoxy) is 1. The standard InChI is InChI=1S/C14H25BO3/c1-12(2)13(3,4)18-15(17-12)11-10-14(16-5)8-6-7-9-14/h10-11H,6-9H2,1-5H3/b11-10+. The second kappa shape index (κ2) is 4.66. The highest BCUT2D eigenvalue weighted by atomic mass is 16.7. The van der Waals surface area contributed by atoms with Crippen LogP contribution in [0.2, 0.25) is 0 Å². The molecular weight excluding hydrogens is 227 g/mol. The van der Waals surface area contributed by atoms with Crippen LogP contribution in [0.15, 0.2) is 12.1 Å².